The monoisotopic (exact) mass is 294 g/mol. The summed E-state index contributed by atoms with van der Waals surface area (Å²) in [4.78, 5) is 27.3. The van der Waals surface area contributed by atoms with Crippen LogP contribution in [-0.4, -0.2) is 52.5 Å². The van der Waals surface area contributed by atoms with E-state index in [1.165, 1.54) is 0 Å². The van der Waals surface area contributed by atoms with Crippen LogP contribution in [0.5, 0.6) is 0 Å². The van der Waals surface area contributed by atoms with Crippen LogP contribution in [0.3, 0.4) is 0 Å². The lowest BCUT2D eigenvalue weighted by Crippen LogP contribution is -2.53. The van der Waals surface area contributed by atoms with Crippen molar-refractivity contribution in [3.8, 4) is 0 Å². The van der Waals surface area contributed by atoms with E-state index in [1.54, 1.807) is 29.2 Å². The number of likely N-dealkylation sites (tertiary alicyclic amines) is 1. The number of carboxylic acid groups (broad SMARTS) is 1. The van der Waals surface area contributed by atoms with Gasteiger partial charge in [0, 0.05) is 7.05 Å². The average molecular weight is 294 g/mol. The van der Waals surface area contributed by atoms with Gasteiger partial charge < -0.3 is 14.4 Å². The molecule has 116 valence electrons. The second kappa shape index (κ2) is 6.30. The molecule has 0 saturated carbocycles. The highest BCUT2D eigenvalue weighted by Crippen LogP contribution is 2.32. The molecule has 1 N–H and O–H groups in total. The number of rotatable bonds is 6. The molecule has 0 radical (unpaired) electrons. The van der Waals surface area contributed by atoms with Gasteiger partial charge in [-0.3, -0.25) is 14.5 Å². The topological polar surface area (TPSA) is 74.0 Å². The lowest BCUT2D eigenvalue weighted by molar-refractivity contribution is -0.151. The predicted octanol–water partition coefficient (Wildman–Crippen LogP) is 1.57. The molecule has 1 atom stereocenters. The van der Waals surface area contributed by atoms with Crippen molar-refractivity contribution < 1.29 is 19.1 Å². The minimum atomic E-state index is -0.888. The van der Waals surface area contributed by atoms with Gasteiger partial charge in [-0.15, -0.1) is 0 Å². The van der Waals surface area contributed by atoms with Crippen molar-refractivity contribution in [2.24, 2.45) is 0 Å². The number of nitrogens with zero attached hydrogens (tertiary/aromatic N) is 2. The Labute approximate surface area is 124 Å². The fourth-order valence-electron chi connectivity index (χ4n) is 2.97. The SMILES string of the molecule is CCC1(C(=O)O)CCCN1CC(=O)N(C)Cc1ccco1. The van der Waals surface area contributed by atoms with Gasteiger partial charge in [0.25, 0.3) is 0 Å². The summed E-state index contributed by atoms with van der Waals surface area (Å²) in [5.41, 5.74) is -0.888. The molecule has 0 bridgehead atoms. The van der Waals surface area contributed by atoms with Crippen molar-refractivity contribution in [2.75, 3.05) is 20.1 Å². The summed E-state index contributed by atoms with van der Waals surface area (Å²) in [5.74, 6) is -0.205. The number of likely N-dealkylation sites (N-methyl/N-ethyl adjacent to an activating group) is 1. The normalized spacial score (nSPS) is 22.4. The number of carbonyl (C=O) groups excluding carboxylic acids is 1. The van der Waals surface area contributed by atoms with E-state index in [4.69, 9.17) is 4.42 Å². The van der Waals surface area contributed by atoms with Gasteiger partial charge in [-0.05, 0) is 37.9 Å². The Hall–Kier alpha value is -1.82. The molecule has 1 aromatic rings. The first-order chi connectivity index (χ1) is 9.99. The van der Waals surface area contributed by atoms with Gasteiger partial charge in [0.05, 0.1) is 19.4 Å². The van der Waals surface area contributed by atoms with Gasteiger partial charge in [-0.1, -0.05) is 6.92 Å². The molecule has 1 saturated heterocycles. The van der Waals surface area contributed by atoms with E-state index in [-0.39, 0.29) is 12.5 Å². The van der Waals surface area contributed by atoms with Crippen LogP contribution < -0.4 is 0 Å². The first kappa shape index (κ1) is 15.6. The standard InChI is InChI=1S/C15H22N2O4/c1-3-15(14(19)20)7-5-8-17(15)11-13(18)16(2)10-12-6-4-9-21-12/h4,6,9H,3,5,7-8,10-11H2,1-2H3,(H,19,20). The van der Waals surface area contributed by atoms with Crippen LogP contribution in [-0.2, 0) is 16.1 Å². The molecule has 1 aromatic heterocycles. The van der Waals surface area contributed by atoms with Crippen LogP contribution in [0.4, 0.5) is 0 Å². The van der Waals surface area contributed by atoms with E-state index >= 15 is 0 Å². The largest absolute Gasteiger partial charge is 0.480 e. The first-order valence-corrected chi connectivity index (χ1v) is 7.24. The van der Waals surface area contributed by atoms with Crippen molar-refractivity contribution in [1.82, 2.24) is 9.80 Å². The number of aliphatic carboxylic acids is 1. The predicted molar refractivity (Wildman–Crippen MR) is 76.6 cm³/mol. The molecule has 6 nitrogen and oxygen atoms in total. The smallest absolute Gasteiger partial charge is 0.324 e. The van der Waals surface area contributed by atoms with E-state index in [2.05, 4.69) is 0 Å². The summed E-state index contributed by atoms with van der Waals surface area (Å²) in [5, 5.41) is 9.51. The minimum Gasteiger partial charge on any atom is -0.480 e. The number of hydrogen-bond acceptors (Lipinski definition) is 4. The zero-order valence-corrected chi connectivity index (χ0v) is 12.5. The summed E-state index contributed by atoms with van der Waals surface area (Å²) in [6.45, 7) is 3.05. The Morgan fingerprint density at radius 1 is 1.52 bits per heavy atom. The van der Waals surface area contributed by atoms with Gasteiger partial charge in [0.2, 0.25) is 5.91 Å². The summed E-state index contributed by atoms with van der Waals surface area (Å²) in [7, 11) is 1.70. The third-order valence-corrected chi connectivity index (χ3v) is 4.33. The maximum absolute atomic E-state index is 12.3. The summed E-state index contributed by atoms with van der Waals surface area (Å²) in [6, 6.07) is 3.59. The van der Waals surface area contributed by atoms with Crippen molar-refractivity contribution in [3.63, 3.8) is 0 Å². The molecule has 2 rings (SSSR count). The number of carbonyl (C=O) groups is 2. The molecule has 0 spiro atoms. The van der Waals surface area contributed by atoms with Crippen LogP contribution in [0.15, 0.2) is 22.8 Å². The van der Waals surface area contributed by atoms with Crippen LogP contribution in [0.2, 0.25) is 0 Å². The second-order valence-corrected chi connectivity index (χ2v) is 5.54. The number of amides is 1. The highest BCUT2D eigenvalue weighted by Gasteiger charge is 2.46. The third kappa shape index (κ3) is 3.10. The molecule has 1 amide bonds. The number of hydrogen-bond donors (Lipinski definition) is 1. The zero-order valence-electron chi connectivity index (χ0n) is 12.5. The number of furan rings is 1. The molecule has 0 aliphatic carbocycles. The minimum absolute atomic E-state index is 0.0904. The Morgan fingerprint density at radius 3 is 2.86 bits per heavy atom. The maximum Gasteiger partial charge on any atom is 0.324 e. The van der Waals surface area contributed by atoms with E-state index < -0.39 is 11.5 Å². The van der Waals surface area contributed by atoms with Crippen LogP contribution in [0.1, 0.15) is 31.9 Å². The fourth-order valence-corrected chi connectivity index (χ4v) is 2.97. The highest BCUT2D eigenvalue weighted by atomic mass is 16.4. The second-order valence-electron chi connectivity index (χ2n) is 5.54. The maximum atomic E-state index is 12.3. The van der Waals surface area contributed by atoms with Crippen molar-refractivity contribution in [1.29, 1.82) is 0 Å². The van der Waals surface area contributed by atoms with E-state index in [1.807, 2.05) is 13.0 Å². The average Bonchev–Trinajstić information content (AvgIpc) is 3.08. The van der Waals surface area contributed by atoms with Crippen molar-refractivity contribution in [3.05, 3.63) is 24.2 Å². The van der Waals surface area contributed by atoms with E-state index in [9.17, 15) is 14.7 Å². The molecule has 1 fully saturated rings. The molecule has 0 aromatic carbocycles. The summed E-state index contributed by atoms with van der Waals surface area (Å²) >= 11 is 0. The summed E-state index contributed by atoms with van der Waals surface area (Å²) in [6.07, 6.45) is 3.50. The van der Waals surface area contributed by atoms with Gasteiger partial charge in [0.1, 0.15) is 11.3 Å². The lowest BCUT2D eigenvalue weighted by atomic mass is 9.93. The van der Waals surface area contributed by atoms with Gasteiger partial charge in [0.15, 0.2) is 0 Å². The Kier molecular flexibility index (Phi) is 4.67. The van der Waals surface area contributed by atoms with Gasteiger partial charge >= 0.3 is 5.97 Å². The van der Waals surface area contributed by atoms with Crippen molar-refractivity contribution in [2.45, 2.75) is 38.3 Å². The molecule has 1 aliphatic heterocycles. The summed E-state index contributed by atoms with van der Waals surface area (Å²) < 4.78 is 5.22. The quantitative estimate of drug-likeness (QED) is 0.862. The van der Waals surface area contributed by atoms with Crippen molar-refractivity contribution >= 4 is 11.9 Å². The molecule has 6 heteroatoms. The molecule has 1 aliphatic rings. The van der Waals surface area contributed by atoms with Gasteiger partial charge in [-0.25, -0.2) is 0 Å². The highest BCUT2D eigenvalue weighted by molar-refractivity contribution is 5.82. The first-order valence-electron chi connectivity index (χ1n) is 7.24. The van der Waals surface area contributed by atoms with Crippen LogP contribution in [0, 0.1) is 0 Å². The third-order valence-electron chi connectivity index (χ3n) is 4.33. The molecular formula is C15H22N2O4. The Balaban J connectivity index is 1.99. The van der Waals surface area contributed by atoms with Gasteiger partial charge in [-0.2, -0.15) is 0 Å². The lowest BCUT2D eigenvalue weighted by Gasteiger charge is -2.34. The number of carboxylic acids is 1. The van der Waals surface area contributed by atoms with E-state index in [0.717, 1.165) is 6.42 Å². The van der Waals surface area contributed by atoms with E-state index in [0.29, 0.717) is 31.7 Å². The van der Waals surface area contributed by atoms with Crippen LogP contribution >= 0.6 is 0 Å². The molecular weight excluding hydrogens is 272 g/mol. The Bertz CT molecular complexity index is 500. The van der Waals surface area contributed by atoms with Crippen LogP contribution in [0.25, 0.3) is 0 Å². The zero-order chi connectivity index (χ0) is 15.5. The fraction of sp³-hybridized carbons (Fsp3) is 0.600. The molecule has 1 unspecified atom stereocenters. The molecule has 2 heterocycles. The Morgan fingerprint density at radius 2 is 2.29 bits per heavy atom. The molecule has 21 heavy (non-hydrogen) atoms.